The van der Waals surface area contributed by atoms with Gasteiger partial charge in [0.15, 0.2) is 0 Å². The largest absolute Gasteiger partial charge is 0.365 e. The van der Waals surface area contributed by atoms with Gasteiger partial charge in [0.2, 0.25) is 0 Å². The van der Waals surface area contributed by atoms with Gasteiger partial charge in [-0.05, 0) is 44.2 Å². The number of aromatic nitrogens is 2. The van der Waals surface area contributed by atoms with Crippen LogP contribution in [0.15, 0.2) is 10.9 Å². The summed E-state index contributed by atoms with van der Waals surface area (Å²) in [6.07, 6.45) is 3.07. The van der Waals surface area contributed by atoms with Crippen LogP contribution in [0.4, 0.5) is 0 Å². The van der Waals surface area contributed by atoms with Crippen molar-refractivity contribution in [2.24, 2.45) is 5.73 Å². The van der Waals surface area contributed by atoms with Gasteiger partial charge >= 0.3 is 0 Å². The number of carbonyl (C=O) groups is 2. The summed E-state index contributed by atoms with van der Waals surface area (Å²) in [5.41, 5.74) is 6.93. The normalized spacial score (nSPS) is 16.3. The van der Waals surface area contributed by atoms with E-state index in [9.17, 15) is 14.4 Å². The van der Waals surface area contributed by atoms with Crippen LogP contribution in [0, 0.1) is 6.92 Å². The number of carbonyl (C=O) groups excluding carboxylic acids is 2. The van der Waals surface area contributed by atoms with E-state index in [1.54, 1.807) is 0 Å². The first-order valence-corrected chi connectivity index (χ1v) is 9.05. The maximum Gasteiger partial charge on any atom is 0.263 e. The number of primary amides is 1. The molecular formula is C17H20N4O3S. The molecule has 1 unspecified atom stereocenters. The molecule has 2 aromatic rings. The van der Waals surface area contributed by atoms with E-state index in [0.717, 1.165) is 41.2 Å². The second kappa shape index (κ2) is 6.79. The Balaban J connectivity index is 1.91. The van der Waals surface area contributed by atoms with Crippen molar-refractivity contribution >= 4 is 23.2 Å². The number of pyridine rings is 1. The quantitative estimate of drug-likeness (QED) is 0.767. The smallest absolute Gasteiger partial charge is 0.263 e. The summed E-state index contributed by atoms with van der Waals surface area (Å²) in [7, 11) is 0. The molecule has 25 heavy (non-hydrogen) atoms. The van der Waals surface area contributed by atoms with E-state index in [1.165, 1.54) is 17.4 Å². The fourth-order valence-corrected chi connectivity index (χ4v) is 4.02. The predicted molar refractivity (Wildman–Crippen MR) is 95.0 cm³/mol. The zero-order valence-electron chi connectivity index (χ0n) is 14.1. The molecule has 2 amide bonds. The van der Waals surface area contributed by atoms with Crippen LogP contribution in [0.3, 0.4) is 0 Å². The van der Waals surface area contributed by atoms with Gasteiger partial charge in [0.05, 0.1) is 16.7 Å². The van der Waals surface area contributed by atoms with Gasteiger partial charge in [-0.15, -0.1) is 11.3 Å². The summed E-state index contributed by atoms with van der Waals surface area (Å²) >= 11 is 1.39. The van der Waals surface area contributed by atoms with Crippen molar-refractivity contribution in [3.8, 4) is 0 Å². The third kappa shape index (κ3) is 3.34. The van der Waals surface area contributed by atoms with Crippen molar-refractivity contribution < 1.29 is 9.59 Å². The molecular weight excluding hydrogens is 340 g/mol. The van der Waals surface area contributed by atoms with Crippen molar-refractivity contribution in [1.82, 2.24) is 15.3 Å². The highest BCUT2D eigenvalue weighted by Crippen LogP contribution is 2.29. The molecule has 2 aromatic heterocycles. The first-order chi connectivity index (χ1) is 11.9. The van der Waals surface area contributed by atoms with Gasteiger partial charge in [-0.2, -0.15) is 0 Å². The highest BCUT2D eigenvalue weighted by atomic mass is 32.1. The van der Waals surface area contributed by atoms with Crippen molar-refractivity contribution in [3.05, 3.63) is 48.8 Å². The van der Waals surface area contributed by atoms with Crippen LogP contribution in [0.5, 0.6) is 0 Å². The lowest BCUT2D eigenvalue weighted by Crippen LogP contribution is -2.34. The number of aryl methyl sites for hydroxylation is 3. The van der Waals surface area contributed by atoms with Gasteiger partial charge in [0, 0.05) is 5.69 Å². The summed E-state index contributed by atoms with van der Waals surface area (Å²) in [5, 5.41) is 3.94. The van der Waals surface area contributed by atoms with Crippen LogP contribution in [-0.4, -0.2) is 21.8 Å². The van der Waals surface area contributed by atoms with Crippen molar-refractivity contribution in [1.29, 1.82) is 0 Å². The molecule has 0 saturated heterocycles. The highest BCUT2D eigenvalue weighted by Gasteiger charge is 2.26. The van der Waals surface area contributed by atoms with Gasteiger partial charge in [0.1, 0.15) is 10.4 Å². The molecule has 8 heteroatoms. The zero-order valence-corrected chi connectivity index (χ0v) is 15.0. The monoisotopic (exact) mass is 360 g/mol. The fraction of sp³-hybridized carbons (Fsp3) is 0.412. The molecule has 3 rings (SSSR count). The number of hydrogen-bond donors (Lipinski definition) is 3. The summed E-state index contributed by atoms with van der Waals surface area (Å²) < 4.78 is 0. The van der Waals surface area contributed by atoms with Crippen molar-refractivity contribution in [2.75, 3.05) is 0 Å². The van der Waals surface area contributed by atoms with E-state index >= 15 is 0 Å². The summed E-state index contributed by atoms with van der Waals surface area (Å²) in [6.45, 7) is 3.82. The Bertz CT molecular complexity index is 900. The molecule has 0 aromatic carbocycles. The minimum atomic E-state index is -0.773. The molecule has 0 aliphatic heterocycles. The SMILES string of the molecule is CCc1nc(C)c(C(=O)NC2CCCc3[nH]c(=O)c(C(N)=O)cc32)s1. The molecule has 0 fully saturated rings. The molecule has 0 spiro atoms. The molecule has 1 aliphatic carbocycles. The Morgan fingerprint density at radius 2 is 2.24 bits per heavy atom. The second-order valence-electron chi connectivity index (χ2n) is 6.10. The molecule has 0 bridgehead atoms. The Labute approximate surface area is 148 Å². The van der Waals surface area contributed by atoms with Gasteiger partial charge in [-0.1, -0.05) is 6.92 Å². The number of hydrogen-bond acceptors (Lipinski definition) is 5. The number of H-pyrrole nitrogens is 1. The number of rotatable bonds is 4. The number of aromatic amines is 1. The third-order valence-corrected chi connectivity index (χ3v) is 5.67. The standard InChI is InChI=1S/C17H20N4O3S/c1-3-13-19-8(2)14(25-13)17(24)21-12-6-4-5-11-9(12)7-10(15(18)22)16(23)20-11/h7,12H,3-6H2,1-2H3,(H2,18,22)(H,20,23)(H,21,24). The molecule has 132 valence electrons. The first-order valence-electron chi connectivity index (χ1n) is 8.23. The van der Waals surface area contributed by atoms with Crippen molar-refractivity contribution in [2.45, 2.75) is 45.6 Å². The summed E-state index contributed by atoms with van der Waals surface area (Å²) in [5.74, 6) is -0.954. The van der Waals surface area contributed by atoms with Gasteiger partial charge in [-0.25, -0.2) is 4.98 Å². The minimum Gasteiger partial charge on any atom is -0.365 e. The number of amides is 2. The van der Waals surface area contributed by atoms with Crippen LogP contribution >= 0.6 is 11.3 Å². The second-order valence-corrected chi connectivity index (χ2v) is 7.19. The van der Waals surface area contributed by atoms with Gasteiger partial charge in [0.25, 0.3) is 17.4 Å². The summed E-state index contributed by atoms with van der Waals surface area (Å²) in [6, 6.07) is 1.25. The average Bonchev–Trinajstić information content (AvgIpc) is 2.95. The van der Waals surface area contributed by atoms with Gasteiger partial charge < -0.3 is 16.0 Å². The lowest BCUT2D eigenvalue weighted by molar-refractivity contribution is 0.0935. The maximum absolute atomic E-state index is 12.7. The lowest BCUT2D eigenvalue weighted by Gasteiger charge is -2.26. The Morgan fingerprint density at radius 1 is 1.48 bits per heavy atom. The number of fused-ring (bicyclic) bond motifs is 1. The Kier molecular flexibility index (Phi) is 4.71. The van der Waals surface area contributed by atoms with Gasteiger partial charge in [-0.3, -0.25) is 14.4 Å². The fourth-order valence-electron chi connectivity index (χ4n) is 3.11. The molecule has 7 nitrogen and oxygen atoms in total. The highest BCUT2D eigenvalue weighted by molar-refractivity contribution is 7.13. The van der Waals surface area contributed by atoms with Crippen LogP contribution < -0.4 is 16.6 Å². The number of thiazole rings is 1. The average molecular weight is 360 g/mol. The van der Waals surface area contributed by atoms with E-state index in [1.807, 2.05) is 13.8 Å². The predicted octanol–water partition coefficient (Wildman–Crippen LogP) is 1.61. The Hall–Kier alpha value is -2.48. The van der Waals surface area contributed by atoms with Crippen LogP contribution in [0.25, 0.3) is 0 Å². The van der Waals surface area contributed by atoms with E-state index in [-0.39, 0.29) is 17.5 Å². The number of nitrogens with zero attached hydrogens (tertiary/aromatic N) is 1. The molecule has 0 saturated carbocycles. The zero-order chi connectivity index (χ0) is 18.1. The molecule has 1 atom stereocenters. The van der Waals surface area contributed by atoms with Crippen molar-refractivity contribution in [3.63, 3.8) is 0 Å². The van der Waals surface area contributed by atoms with E-state index in [0.29, 0.717) is 11.3 Å². The minimum absolute atomic E-state index is 0.0814. The third-order valence-electron chi connectivity index (χ3n) is 4.37. The summed E-state index contributed by atoms with van der Waals surface area (Å²) in [4.78, 5) is 43.7. The maximum atomic E-state index is 12.7. The van der Waals surface area contributed by atoms with Crippen LogP contribution in [-0.2, 0) is 12.8 Å². The number of nitrogens with one attached hydrogen (secondary N) is 2. The van der Waals surface area contributed by atoms with Crippen LogP contribution in [0.1, 0.15) is 67.8 Å². The molecule has 0 radical (unpaired) electrons. The topological polar surface area (TPSA) is 118 Å². The number of nitrogens with two attached hydrogens (primary N) is 1. The Morgan fingerprint density at radius 3 is 2.88 bits per heavy atom. The molecule has 1 aliphatic rings. The van der Waals surface area contributed by atoms with E-state index in [2.05, 4.69) is 15.3 Å². The first kappa shape index (κ1) is 17.3. The van der Waals surface area contributed by atoms with E-state index in [4.69, 9.17) is 5.73 Å². The van der Waals surface area contributed by atoms with Crippen LogP contribution in [0.2, 0.25) is 0 Å². The van der Waals surface area contributed by atoms with E-state index < -0.39 is 11.5 Å². The molecule has 4 N–H and O–H groups in total. The molecule has 2 heterocycles. The lowest BCUT2D eigenvalue weighted by atomic mass is 9.90.